The van der Waals surface area contributed by atoms with E-state index in [4.69, 9.17) is 10.2 Å². The van der Waals surface area contributed by atoms with Gasteiger partial charge in [0, 0.05) is 19.7 Å². The van der Waals surface area contributed by atoms with Crippen LogP contribution in [0.2, 0.25) is 0 Å². The minimum atomic E-state index is -0.877. The van der Waals surface area contributed by atoms with E-state index in [1.807, 2.05) is 6.08 Å². The van der Waals surface area contributed by atoms with Gasteiger partial charge < -0.3 is 15.3 Å². The fourth-order valence-corrected chi connectivity index (χ4v) is 1.80. The fraction of sp³-hybridized carbons (Fsp3) is 0.733. The van der Waals surface area contributed by atoms with E-state index in [1.165, 1.54) is 0 Å². The molecule has 6 nitrogen and oxygen atoms in total. The van der Waals surface area contributed by atoms with Crippen molar-refractivity contribution in [2.45, 2.75) is 44.9 Å². The summed E-state index contributed by atoms with van der Waals surface area (Å²) in [7, 11) is 0. The van der Waals surface area contributed by atoms with E-state index in [9.17, 15) is 9.90 Å². The third kappa shape index (κ3) is 16.6. The SMILES string of the molecule is C=CCCCCCC([O-])=NCN(CCCO)CCC(=O)O.[K+]. The van der Waals surface area contributed by atoms with E-state index in [-0.39, 0.29) is 77.0 Å². The molecule has 0 aliphatic heterocycles. The molecule has 0 amide bonds. The topological polar surface area (TPSA) is 96.2 Å². The van der Waals surface area contributed by atoms with Gasteiger partial charge in [-0.05, 0) is 38.0 Å². The number of aliphatic carboxylic acids is 1. The third-order valence-corrected chi connectivity index (χ3v) is 3.02. The zero-order valence-electron chi connectivity index (χ0n) is 13.7. The van der Waals surface area contributed by atoms with E-state index in [2.05, 4.69) is 11.6 Å². The minimum absolute atomic E-state index is 0. The number of carbonyl (C=O) groups is 1. The van der Waals surface area contributed by atoms with Crippen molar-refractivity contribution in [3.63, 3.8) is 0 Å². The average Bonchev–Trinajstić information content (AvgIpc) is 2.46. The molecule has 7 heteroatoms. The monoisotopic (exact) mass is 338 g/mol. The van der Waals surface area contributed by atoms with E-state index < -0.39 is 5.97 Å². The van der Waals surface area contributed by atoms with Crippen LogP contribution in [0.3, 0.4) is 0 Å². The summed E-state index contributed by atoms with van der Waals surface area (Å²) >= 11 is 0. The van der Waals surface area contributed by atoms with E-state index >= 15 is 0 Å². The maximum Gasteiger partial charge on any atom is 1.00 e. The number of aliphatic hydroxyl groups excluding tert-OH is 1. The summed E-state index contributed by atoms with van der Waals surface area (Å²) < 4.78 is 0. The number of hydrogen-bond acceptors (Lipinski definition) is 5. The number of aliphatic imine (C=N–C) groups is 1. The summed E-state index contributed by atoms with van der Waals surface area (Å²) in [6.45, 7) is 4.78. The standard InChI is InChI=1S/C15H28N2O4.K/c1-2-3-4-5-6-8-14(19)16-13-17(10-7-12-18)11-9-15(20)21;/h2,18H,1,3-13H2,(H,16,19)(H,20,21);/q;+1/p-1. The number of carboxylic acids is 1. The molecule has 0 atom stereocenters. The molecule has 0 aliphatic rings. The maximum atomic E-state index is 11.6. The zero-order valence-corrected chi connectivity index (χ0v) is 16.8. The first-order chi connectivity index (χ1) is 10.1. The molecule has 0 unspecified atom stereocenters. The van der Waals surface area contributed by atoms with Crippen molar-refractivity contribution >= 4 is 11.9 Å². The van der Waals surface area contributed by atoms with Gasteiger partial charge in [-0.2, -0.15) is 0 Å². The Morgan fingerprint density at radius 1 is 1.18 bits per heavy atom. The Hall–Kier alpha value is 0.236. The summed E-state index contributed by atoms with van der Waals surface area (Å²) in [6, 6.07) is 0. The molecule has 122 valence electrons. The Labute approximate surface area is 175 Å². The fourth-order valence-electron chi connectivity index (χ4n) is 1.80. The largest absolute Gasteiger partial charge is 1.00 e. The Bertz CT molecular complexity index is 325. The first-order valence-corrected chi connectivity index (χ1v) is 7.46. The molecule has 0 heterocycles. The molecule has 22 heavy (non-hydrogen) atoms. The molecule has 0 aromatic rings. The van der Waals surface area contributed by atoms with Crippen molar-refractivity contribution in [3.05, 3.63) is 12.7 Å². The van der Waals surface area contributed by atoms with Crippen LogP contribution >= 0.6 is 0 Å². The number of hydrogen-bond donors (Lipinski definition) is 2. The second kappa shape index (κ2) is 17.6. The predicted molar refractivity (Wildman–Crippen MR) is 81.1 cm³/mol. The van der Waals surface area contributed by atoms with Crippen molar-refractivity contribution in [2.24, 2.45) is 4.99 Å². The van der Waals surface area contributed by atoms with Gasteiger partial charge in [-0.1, -0.05) is 12.5 Å². The predicted octanol–water partition coefficient (Wildman–Crippen LogP) is -2.00. The molecular formula is C15H27KN2O4. The molecule has 2 N–H and O–H groups in total. The number of aliphatic hydroxyl groups is 1. The first kappa shape index (κ1) is 24.5. The van der Waals surface area contributed by atoms with Gasteiger partial charge in [0.15, 0.2) is 0 Å². The van der Waals surface area contributed by atoms with Gasteiger partial charge in [0.1, 0.15) is 0 Å². The number of carboxylic acid groups (broad SMARTS) is 1. The smallest absolute Gasteiger partial charge is 0.862 e. The van der Waals surface area contributed by atoms with Crippen LogP contribution in [0.5, 0.6) is 0 Å². The Balaban J connectivity index is 0. The molecule has 0 bridgehead atoms. The summed E-state index contributed by atoms with van der Waals surface area (Å²) in [5.41, 5.74) is 0. The van der Waals surface area contributed by atoms with Gasteiger partial charge in [0.05, 0.1) is 13.1 Å². The van der Waals surface area contributed by atoms with Gasteiger partial charge >= 0.3 is 57.4 Å². The number of allylic oxidation sites excluding steroid dienone is 1. The van der Waals surface area contributed by atoms with Crippen molar-refractivity contribution in [2.75, 3.05) is 26.4 Å². The van der Waals surface area contributed by atoms with E-state index in [0.29, 0.717) is 25.9 Å². The third-order valence-electron chi connectivity index (χ3n) is 3.02. The van der Waals surface area contributed by atoms with E-state index in [0.717, 1.165) is 25.7 Å². The number of unbranched alkanes of at least 4 members (excludes halogenated alkanes) is 3. The zero-order chi connectivity index (χ0) is 15.9. The van der Waals surface area contributed by atoms with Crippen LogP contribution in [0.1, 0.15) is 44.9 Å². The van der Waals surface area contributed by atoms with Gasteiger partial charge in [0.25, 0.3) is 0 Å². The van der Waals surface area contributed by atoms with Crippen molar-refractivity contribution in [3.8, 4) is 0 Å². The van der Waals surface area contributed by atoms with Crippen LogP contribution in [-0.4, -0.2) is 53.3 Å². The van der Waals surface area contributed by atoms with Gasteiger partial charge in [-0.25, -0.2) is 0 Å². The normalized spacial score (nSPS) is 11.3. The van der Waals surface area contributed by atoms with Crippen LogP contribution in [0.15, 0.2) is 17.6 Å². The molecular weight excluding hydrogens is 311 g/mol. The Morgan fingerprint density at radius 2 is 1.91 bits per heavy atom. The Morgan fingerprint density at radius 3 is 2.50 bits per heavy atom. The van der Waals surface area contributed by atoms with Crippen molar-refractivity contribution < 1.29 is 71.5 Å². The summed E-state index contributed by atoms with van der Waals surface area (Å²) in [5, 5.41) is 29.1. The minimum Gasteiger partial charge on any atom is -0.862 e. The molecule has 0 aromatic carbocycles. The van der Waals surface area contributed by atoms with Crippen LogP contribution in [0.25, 0.3) is 0 Å². The van der Waals surface area contributed by atoms with E-state index in [1.54, 1.807) is 4.90 Å². The van der Waals surface area contributed by atoms with Gasteiger partial charge in [-0.15, -0.1) is 6.58 Å². The Kier molecular flexibility index (Phi) is 19.6. The summed E-state index contributed by atoms with van der Waals surface area (Å²) in [6.07, 6.45) is 6.68. The second-order valence-electron chi connectivity index (χ2n) is 4.92. The summed E-state index contributed by atoms with van der Waals surface area (Å²) in [5.74, 6) is -1.02. The van der Waals surface area contributed by atoms with Crippen LogP contribution in [0.4, 0.5) is 0 Å². The molecule has 0 saturated carbocycles. The first-order valence-electron chi connectivity index (χ1n) is 7.46. The quantitative estimate of drug-likeness (QED) is 0.126. The summed E-state index contributed by atoms with van der Waals surface area (Å²) in [4.78, 5) is 16.3. The number of rotatable bonds is 14. The molecule has 0 rings (SSSR count). The molecule has 0 aliphatic carbocycles. The molecule has 0 aromatic heterocycles. The number of nitrogens with zero attached hydrogens (tertiary/aromatic N) is 2. The maximum absolute atomic E-state index is 11.6. The van der Waals surface area contributed by atoms with Gasteiger partial charge in [-0.3, -0.25) is 14.7 Å². The second-order valence-corrected chi connectivity index (χ2v) is 4.92. The van der Waals surface area contributed by atoms with Crippen LogP contribution in [0, 0.1) is 0 Å². The molecule has 0 fully saturated rings. The van der Waals surface area contributed by atoms with Crippen LogP contribution in [-0.2, 0) is 4.79 Å². The molecule has 0 radical (unpaired) electrons. The van der Waals surface area contributed by atoms with Crippen molar-refractivity contribution in [1.82, 2.24) is 4.90 Å². The average molecular weight is 338 g/mol. The van der Waals surface area contributed by atoms with Crippen molar-refractivity contribution in [1.29, 1.82) is 0 Å². The van der Waals surface area contributed by atoms with Crippen LogP contribution < -0.4 is 56.5 Å². The molecule has 0 saturated heterocycles. The van der Waals surface area contributed by atoms with Gasteiger partial charge in [0.2, 0.25) is 0 Å². The molecule has 0 spiro atoms.